The first-order valence-electron chi connectivity index (χ1n) is 15.8. The Bertz CT molecular complexity index is 1840. The molecule has 6 rings (SSSR count). The highest BCUT2D eigenvalue weighted by Crippen LogP contribution is 2.42. The molecule has 2 aliphatic heterocycles. The van der Waals surface area contributed by atoms with Crippen molar-refractivity contribution in [2.75, 3.05) is 32.1 Å². The SMILES string of the molecule is CN(C)c1nc(-c2cccc(-c3cccc(-c4cnc(CNC[C@@H]5CCC(=O)N5)c(Cl)n4)c3Cl)c2Cl)cnc1CNC[C@@H]1CCC(=O)N1. The topological polar surface area (TPSA) is 137 Å². The monoisotopic (exact) mass is 707 g/mol. The molecule has 2 saturated heterocycles. The first-order chi connectivity index (χ1) is 23.2. The highest BCUT2D eigenvalue weighted by molar-refractivity contribution is 6.39. The lowest BCUT2D eigenvalue weighted by atomic mass is 9.98. The molecule has 0 bridgehead atoms. The number of aromatic nitrogens is 4. The van der Waals surface area contributed by atoms with Crippen LogP contribution in [-0.4, -0.2) is 71.0 Å². The van der Waals surface area contributed by atoms with Crippen molar-refractivity contribution in [3.8, 4) is 33.6 Å². The van der Waals surface area contributed by atoms with E-state index in [2.05, 4.69) is 31.2 Å². The van der Waals surface area contributed by atoms with Crippen LogP contribution >= 0.6 is 34.8 Å². The molecule has 0 radical (unpaired) electrons. The normalized spacial score (nSPS) is 17.4. The number of hydrogen-bond acceptors (Lipinski definition) is 9. The molecule has 4 N–H and O–H groups in total. The van der Waals surface area contributed by atoms with E-state index in [0.29, 0.717) is 71.7 Å². The van der Waals surface area contributed by atoms with Gasteiger partial charge in [-0.05, 0) is 12.8 Å². The van der Waals surface area contributed by atoms with Crippen LogP contribution < -0.4 is 26.2 Å². The van der Waals surface area contributed by atoms with Crippen LogP contribution in [0.2, 0.25) is 15.2 Å². The van der Waals surface area contributed by atoms with Gasteiger partial charge in [-0.2, -0.15) is 0 Å². The number of benzene rings is 2. The molecule has 2 aromatic heterocycles. The fraction of sp³-hybridized carbons (Fsp3) is 0.353. The smallest absolute Gasteiger partial charge is 0.220 e. The molecule has 250 valence electrons. The molecule has 14 heteroatoms. The van der Waals surface area contributed by atoms with Gasteiger partial charge in [0.25, 0.3) is 0 Å². The number of halogens is 3. The zero-order valence-corrected chi connectivity index (χ0v) is 28.9. The number of rotatable bonds is 12. The second kappa shape index (κ2) is 15.1. The summed E-state index contributed by atoms with van der Waals surface area (Å²) in [5.74, 6) is 0.892. The number of carbonyl (C=O) groups excluding carboxylic acids is 2. The highest BCUT2D eigenvalue weighted by atomic mass is 35.5. The minimum atomic E-state index is 0.0786. The predicted octanol–water partition coefficient (Wildman–Crippen LogP) is 5.03. The van der Waals surface area contributed by atoms with Crippen LogP contribution in [-0.2, 0) is 22.7 Å². The molecule has 2 amide bonds. The number of anilines is 1. The van der Waals surface area contributed by atoms with E-state index >= 15 is 0 Å². The number of amides is 2. The lowest BCUT2D eigenvalue weighted by Gasteiger charge is -2.19. The molecule has 2 fully saturated rings. The maximum absolute atomic E-state index is 11.5. The number of nitrogens with zero attached hydrogens (tertiary/aromatic N) is 5. The Hall–Kier alpha value is -3.87. The highest BCUT2D eigenvalue weighted by Gasteiger charge is 2.22. The summed E-state index contributed by atoms with van der Waals surface area (Å²) in [6.07, 6.45) is 6.14. The lowest BCUT2D eigenvalue weighted by molar-refractivity contribution is -0.120. The summed E-state index contributed by atoms with van der Waals surface area (Å²) in [4.78, 5) is 43.7. The van der Waals surface area contributed by atoms with Gasteiger partial charge in [0.1, 0.15) is 0 Å². The Morgan fingerprint density at radius 1 is 0.729 bits per heavy atom. The average molecular weight is 709 g/mol. The van der Waals surface area contributed by atoms with E-state index in [9.17, 15) is 9.59 Å². The van der Waals surface area contributed by atoms with Crippen molar-refractivity contribution in [1.29, 1.82) is 0 Å². The molecule has 0 unspecified atom stereocenters. The van der Waals surface area contributed by atoms with E-state index in [1.54, 1.807) is 12.4 Å². The minimum Gasteiger partial charge on any atom is -0.361 e. The summed E-state index contributed by atoms with van der Waals surface area (Å²) < 4.78 is 0. The van der Waals surface area contributed by atoms with E-state index in [1.807, 2.05) is 55.4 Å². The van der Waals surface area contributed by atoms with Crippen molar-refractivity contribution in [2.24, 2.45) is 0 Å². The van der Waals surface area contributed by atoms with Gasteiger partial charge in [0.05, 0.1) is 45.2 Å². The maximum atomic E-state index is 11.5. The molecule has 2 atom stereocenters. The summed E-state index contributed by atoms with van der Waals surface area (Å²) in [5, 5.41) is 13.8. The van der Waals surface area contributed by atoms with Crippen LogP contribution in [0.5, 0.6) is 0 Å². The Labute approximate surface area is 294 Å². The van der Waals surface area contributed by atoms with Crippen molar-refractivity contribution in [3.63, 3.8) is 0 Å². The molecule has 2 aliphatic rings. The second-order valence-corrected chi connectivity index (χ2v) is 13.2. The number of hydrogen-bond donors (Lipinski definition) is 4. The molecular weight excluding hydrogens is 673 g/mol. The van der Waals surface area contributed by atoms with Crippen LogP contribution in [0.25, 0.3) is 33.6 Å². The zero-order valence-electron chi connectivity index (χ0n) is 26.6. The summed E-state index contributed by atoms with van der Waals surface area (Å²) in [7, 11) is 3.85. The first kappa shape index (κ1) is 34.0. The van der Waals surface area contributed by atoms with Gasteiger partial charge in [-0.1, -0.05) is 71.2 Å². The van der Waals surface area contributed by atoms with Crippen molar-refractivity contribution in [3.05, 3.63) is 75.4 Å². The van der Waals surface area contributed by atoms with Gasteiger partial charge in [0.15, 0.2) is 11.0 Å². The quantitative estimate of drug-likeness (QED) is 0.160. The van der Waals surface area contributed by atoms with Gasteiger partial charge in [-0.3, -0.25) is 19.6 Å². The Morgan fingerprint density at radius 2 is 1.21 bits per heavy atom. The molecule has 0 aliphatic carbocycles. The third-order valence-corrected chi connectivity index (χ3v) is 9.54. The molecule has 0 saturated carbocycles. The minimum absolute atomic E-state index is 0.0786. The molecule has 11 nitrogen and oxygen atoms in total. The van der Waals surface area contributed by atoms with Gasteiger partial charge in [-0.15, -0.1) is 0 Å². The summed E-state index contributed by atoms with van der Waals surface area (Å²) in [6.45, 7) is 2.22. The van der Waals surface area contributed by atoms with E-state index in [4.69, 9.17) is 44.8 Å². The van der Waals surface area contributed by atoms with Crippen molar-refractivity contribution < 1.29 is 9.59 Å². The van der Waals surface area contributed by atoms with Gasteiger partial charge in [-0.25, -0.2) is 9.97 Å². The third-order valence-electron chi connectivity index (χ3n) is 8.43. The van der Waals surface area contributed by atoms with Crippen molar-refractivity contribution >= 4 is 52.4 Å². The second-order valence-electron chi connectivity index (χ2n) is 12.1. The fourth-order valence-corrected chi connectivity index (χ4v) is 6.78. The summed E-state index contributed by atoms with van der Waals surface area (Å²) in [5.41, 5.74) is 5.41. The lowest BCUT2D eigenvalue weighted by Crippen LogP contribution is -2.35. The molecule has 4 aromatic rings. The van der Waals surface area contributed by atoms with Gasteiger partial charge >= 0.3 is 0 Å². The van der Waals surface area contributed by atoms with E-state index in [1.165, 1.54) is 0 Å². The van der Waals surface area contributed by atoms with Gasteiger partial charge in [0, 0.05) is 87.5 Å². The van der Waals surface area contributed by atoms with Crippen LogP contribution in [0, 0.1) is 0 Å². The van der Waals surface area contributed by atoms with Crippen LogP contribution in [0.15, 0.2) is 48.8 Å². The van der Waals surface area contributed by atoms with Crippen LogP contribution in [0.3, 0.4) is 0 Å². The first-order valence-corrected chi connectivity index (χ1v) is 16.9. The van der Waals surface area contributed by atoms with Crippen LogP contribution in [0.1, 0.15) is 37.1 Å². The van der Waals surface area contributed by atoms with Crippen molar-refractivity contribution in [1.82, 2.24) is 41.2 Å². The van der Waals surface area contributed by atoms with Crippen LogP contribution in [0.4, 0.5) is 5.82 Å². The summed E-state index contributed by atoms with van der Waals surface area (Å²) in [6, 6.07) is 11.6. The number of carbonyl (C=O) groups is 2. The van der Waals surface area contributed by atoms with Gasteiger partial charge < -0.3 is 26.2 Å². The Balaban J connectivity index is 1.20. The Morgan fingerprint density at radius 3 is 1.69 bits per heavy atom. The standard InChI is InChI=1S/C34H36Cl3N9O2/c1-46(2)34-28(16-39-14-20-10-12-30(48)43-20)41-18-26(45-34)24-8-4-6-22(32(24)36)21-5-3-7-23(31(21)35)25-17-40-27(33(37)44-25)15-38-13-19-9-11-29(47)42-19/h3-8,17-20,38-39H,9-16H2,1-2H3,(H,42,47)(H,43,48)/t19-,20-/m0/s1. The average Bonchev–Trinajstić information content (AvgIpc) is 3.69. The molecular formula is C34H36Cl3N9O2. The fourth-order valence-electron chi connectivity index (χ4n) is 5.92. The van der Waals surface area contributed by atoms with E-state index < -0.39 is 0 Å². The number of nitrogens with one attached hydrogen (secondary N) is 4. The predicted molar refractivity (Wildman–Crippen MR) is 189 cm³/mol. The molecule has 2 aromatic carbocycles. The molecule has 0 spiro atoms. The van der Waals surface area contributed by atoms with E-state index in [-0.39, 0.29) is 29.1 Å². The Kier molecular flexibility index (Phi) is 10.7. The third kappa shape index (κ3) is 7.71. The largest absolute Gasteiger partial charge is 0.361 e. The van der Waals surface area contributed by atoms with Crippen molar-refractivity contribution in [2.45, 2.75) is 50.9 Å². The summed E-state index contributed by atoms with van der Waals surface area (Å²) >= 11 is 20.6. The van der Waals surface area contributed by atoms with Gasteiger partial charge in [0.2, 0.25) is 11.8 Å². The van der Waals surface area contributed by atoms with E-state index in [0.717, 1.165) is 41.0 Å². The maximum Gasteiger partial charge on any atom is 0.220 e. The zero-order chi connectivity index (χ0) is 33.8. The molecule has 48 heavy (non-hydrogen) atoms. The molecule has 4 heterocycles.